The van der Waals surface area contributed by atoms with Crippen molar-refractivity contribution < 1.29 is 14.6 Å². The number of carbonyl (C=O) groups is 1. The fourth-order valence-corrected chi connectivity index (χ4v) is 1.71. The van der Waals surface area contributed by atoms with Crippen LogP contribution in [0.15, 0.2) is 21.9 Å². The van der Waals surface area contributed by atoms with Crippen LogP contribution < -0.4 is 16.6 Å². The number of carbonyl (C=O) groups excluding carboxylic acids is 1. The summed E-state index contributed by atoms with van der Waals surface area (Å²) in [5.41, 5.74) is -1.07. The molecule has 0 aliphatic heterocycles. The SMILES string of the molecule is COCCNC(=O)C(CCO)Cn1ccc(=O)[nH]c1=O. The second-order valence-corrected chi connectivity index (χ2v) is 4.26. The third kappa shape index (κ3) is 4.98. The Bertz CT molecular complexity index is 536. The quantitative estimate of drug-likeness (QED) is 0.493. The van der Waals surface area contributed by atoms with Crippen LogP contribution in [0.3, 0.4) is 0 Å². The number of aromatic amines is 1. The number of ether oxygens (including phenoxy) is 1. The maximum Gasteiger partial charge on any atom is 0.328 e. The van der Waals surface area contributed by atoms with Crippen molar-refractivity contribution in [3.05, 3.63) is 33.1 Å². The van der Waals surface area contributed by atoms with Crippen LogP contribution in [-0.4, -0.2) is 47.4 Å². The number of amides is 1. The Morgan fingerprint density at radius 1 is 1.55 bits per heavy atom. The van der Waals surface area contributed by atoms with Gasteiger partial charge in [0, 0.05) is 39.1 Å². The standard InChI is InChI=1S/C12H19N3O5/c1-20-7-4-13-11(18)9(3-6-16)8-15-5-2-10(17)14-12(15)19/h2,5,9,16H,3-4,6-8H2,1H3,(H,13,18)(H,14,17,19). The Hall–Kier alpha value is -1.93. The number of hydrogen-bond donors (Lipinski definition) is 3. The van der Waals surface area contributed by atoms with Gasteiger partial charge in [0.2, 0.25) is 5.91 Å². The number of aliphatic hydroxyl groups excluding tert-OH is 1. The molecule has 1 atom stereocenters. The molecule has 1 aromatic rings. The minimum Gasteiger partial charge on any atom is -0.396 e. The predicted octanol–water partition coefficient (Wildman–Crippen LogP) is -1.70. The van der Waals surface area contributed by atoms with Gasteiger partial charge in [-0.2, -0.15) is 0 Å². The summed E-state index contributed by atoms with van der Waals surface area (Å²) in [6.07, 6.45) is 1.55. The summed E-state index contributed by atoms with van der Waals surface area (Å²) in [5.74, 6) is -0.824. The van der Waals surface area contributed by atoms with Crippen LogP contribution in [0.4, 0.5) is 0 Å². The Morgan fingerprint density at radius 3 is 2.90 bits per heavy atom. The summed E-state index contributed by atoms with van der Waals surface area (Å²) >= 11 is 0. The highest BCUT2D eigenvalue weighted by Gasteiger charge is 2.18. The van der Waals surface area contributed by atoms with E-state index in [1.807, 2.05) is 0 Å². The van der Waals surface area contributed by atoms with Crippen molar-refractivity contribution in [2.24, 2.45) is 5.92 Å². The van der Waals surface area contributed by atoms with E-state index in [-0.39, 0.29) is 25.5 Å². The molecule has 0 radical (unpaired) electrons. The van der Waals surface area contributed by atoms with Gasteiger partial charge in [-0.15, -0.1) is 0 Å². The highest BCUT2D eigenvalue weighted by Crippen LogP contribution is 2.05. The Balaban J connectivity index is 2.73. The van der Waals surface area contributed by atoms with Crippen LogP contribution in [0.1, 0.15) is 6.42 Å². The predicted molar refractivity (Wildman–Crippen MR) is 71.4 cm³/mol. The van der Waals surface area contributed by atoms with E-state index in [2.05, 4.69) is 10.3 Å². The number of aromatic nitrogens is 2. The van der Waals surface area contributed by atoms with Crippen molar-refractivity contribution >= 4 is 5.91 Å². The van der Waals surface area contributed by atoms with Gasteiger partial charge < -0.3 is 15.2 Å². The molecule has 0 aliphatic carbocycles. The third-order valence-corrected chi connectivity index (χ3v) is 2.77. The van der Waals surface area contributed by atoms with Crippen LogP contribution >= 0.6 is 0 Å². The van der Waals surface area contributed by atoms with E-state index < -0.39 is 17.2 Å². The number of aliphatic hydroxyl groups is 1. The van der Waals surface area contributed by atoms with Gasteiger partial charge in [-0.05, 0) is 6.42 Å². The van der Waals surface area contributed by atoms with E-state index in [0.717, 1.165) is 0 Å². The molecule has 0 spiro atoms. The van der Waals surface area contributed by atoms with E-state index >= 15 is 0 Å². The Labute approximate surface area is 115 Å². The Morgan fingerprint density at radius 2 is 2.30 bits per heavy atom. The molecule has 0 fully saturated rings. The molecule has 8 heteroatoms. The monoisotopic (exact) mass is 285 g/mol. The van der Waals surface area contributed by atoms with Gasteiger partial charge in [0.25, 0.3) is 5.56 Å². The second-order valence-electron chi connectivity index (χ2n) is 4.26. The molecule has 112 valence electrons. The average molecular weight is 285 g/mol. The first kappa shape index (κ1) is 16.1. The molecule has 0 aromatic carbocycles. The second kappa shape index (κ2) is 8.28. The first-order valence-electron chi connectivity index (χ1n) is 6.25. The number of nitrogens with zero attached hydrogens (tertiary/aromatic N) is 1. The van der Waals surface area contributed by atoms with Gasteiger partial charge in [-0.3, -0.25) is 19.1 Å². The highest BCUT2D eigenvalue weighted by atomic mass is 16.5. The molecule has 1 rings (SSSR count). The molecule has 1 unspecified atom stereocenters. The number of hydrogen-bond acceptors (Lipinski definition) is 5. The maximum atomic E-state index is 11.9. The van der Waals surface area contributed by atoms with Gasteiger partial charge >= 0.3 is 5.69 Å². The van der Waals surface area contributed by atoms with E-state index in [0.29, 0.717) is 13.2 Å². The van der Waals surface area contributed by atoms with Crippen LogP contribution in [0.5, 0.6) is 0 Å². The average Bonchev–Trinajstić information content (AvgIpc) is 2.41. The summed E-state index contributed by atoms with van der Waals surface area (Å²) < 4.78 is 6.06. The molecule has 0 saturated carbocycles. The normalized spacial score (nSPS) is 12.1. The van der Waals surface area contributed by atoms with Crippen LogP contribution in [0, 0.1) is 5.92 Å². The van der Waals surface area contributed by atoms with Crippen LogP contribution in [0.25, 0.3) is 0 Å². The largest absolute Gasteiger partial charge is 0.396 e. The summed E-state index contributed by atoms with van der Waals surface area (Å²) in [5, 5.41) is 11.7. The van der Waals surface area contributed by atoms with Crippen molar-refractivity contribution in [2.45, 2.75) is 13.0 Å². The van der Waals surface area contributed by atoms with Crippen molar-refractivity contribution in [1.82, 2.24) is 14.9 Å². The number of methoxy groups -OCH3 is 1. The van der Waals surface area contributed by atoms with E-state index in [9.17, 15) is 14.4 Å². The van der Waals surface area contributed by atoms with E-state index in [1.165, 1.54) is 23.9 Å². The first-order valence-corrected chi connectivity index (χ1v) is 6.25. The highest BCUT2D eigenvalue weighted by molar-refractivity contribution is 5.78. The fraction of sp³-hybridized carbons (Fsp3) is 0.583. The van der Waals surface area contributed by atoms with E-state index in [4.69, 9.17) is 9.84 Å². The molecular weight excluding hydrogens is 266 g/mol. The minimum atomic E-state index is -0.579. The Kier molecular flexibility index (Phi) is 6.68. The molecule has 1 heterocycles. The molecule has 1 amide bonds. The van der Waals surface area contributed by atoms with E-state index in [1.54, 1.807) is 0 Å². The molecule has 8 nitrogen and oxygen atoms in total. The van der Waals surface area contributed by atoms with Crippen molar-refractivity contribution in [3.8, 4) is 0 Å². The molecule has 0 saturated heterocycles. The summed E-state index contributed by atoms with van der Waals surface area (Å²) in [4.78, 5) is 36.6. The minimum absolute atomic E-state index is 0.0923. The van der Waals surface area contributed by atoms with Gasteiger partial charge in [0.05, 0.1) is 12.5 Å². The van der Waals surface area contributed by atoms with Gasteiger partial charge in [-0.25, -0.2) is 4.79 Å². The molecule has 0 bridgehead atoms. The zero-order valence-corrected chi connectivity index (χ0v) is 11.3. The smallest absolute Gasteiger partial charge is 0.328 e. The van der Waals surface area contributed by atoms with Gasteiger partial charge in [-0.1, -0.05) is 0 Å². The lowest BCUT2D eigenvalue weighted by Crippen LogP contribution is -2.38. The van der Waals surface area contributed by atoms with Gasteiger partial charge in [0.15, 0.2) is 0 Å². The van der Waals surface area contributed by atoms with Gasteiger partial charge in [0.1, 0.15) is 0 Å². The molecule has 20 heavy (non-hydrogen) atoms. The lowest BCUT2D eigenvalue weighted by molar-refractivity contribution is -0.126. The fourth-order valence-electron chi connectivity index (χ4n) is 1.71. The number of H-pyrrole nitrogens is 1. The first-order chi connectivity index (χ1) is 9.58. The summed E-state index contributed by atoms with van der Waals surface area (Å²) in [6.45, 7) is 0.670. The number of nitrogens with one attached hydrogen (secondary N) is 2. The molecule has 1 aromatic heterocycles. The van der Waals surface area contributed by atoms with Crippen molar-refractivity contribution in [1.29, 1.82) is 0 Å². The maximum absolute atomic E-state index is 11.9. The topological polar surface area (TPSA) is 113 Å². The zero-order chi connectivity index (χ0) is 15.0. The van der Waals surface area contributed by atoms with Crippen LogP contribution in [-0.2, 0) is 16.1 Å². The van der Waals surface area contributed by atoms with Crippen molar-refractivity contribution in [2.75, 3.05) is 26.9 Å². The molecule has 0 aliphatic rings. The third-order valence-electron chi connectivity index (χ3n) is 2.77. The lowest BCUT2D eigenvalue weighted by Gasteiger charge is -2.16. The molecular formula is C12H19N3O5. The lowest BCUT2D eigenvalue weighted by atomic mass is 10.1. The summed E-state index contributed by atoms with van der Waals surface area (Å²) in [6, 6.07) is 1.21. The zero-order valence-electron chi connectivity index (χ0n) is 11.3. The van der Waals surface area contributed by atoms with Crippen molar-refractivity contribution in [3.63, 3.8) is 0 Å². The summed E-state index contributed by atoms with van der Waals surface area (Å²) in [7, 11) is 1.53. The number of rotatable bonds is 8. The van der Waals surface area contributed by atoms with Crippen LogP contribution in [0.2, 0.25) is 0 Å². The molecule has 3 N–H and O–H groups in total.